The molecular weight excluding hydrogens is 338 g/mol. The number of hydrogen-bond acceptors (Lipinski definition) is 4. The van der Waals surface area contributed by atoms with Crippen molar-refractivity contribution < 1.29 is 17.9 Å². The number of carbonyl (C=O) groups excluding carboxylic acids is 1. The van der Waals surface area contributed by atoms with Crippen molar-refractivity contribution in [2.75, 3.05) is 18.0 Å². The van der Waals surface area contributed by atoms with E-state index in [-0.39, 0.29) is 30.6 Å². The van der Waals surface area contributed by atoms with E-state index in [1.807, 2.05) is 49.4 Å². The summed E-state index contributed by atoms with van der Waals surface area (Å²) in [5.74, 6) is -0.582. The van der Waals surface area contributed by atoms with Gasteiger partial charge in [0.05, 0.1) is 25.0 Å². The molecule has 0 radical (unpaired) electrons. The summed E-state index contributed by atoms with van der Waals surface area (Å²) in [6.45, 7) is 2.23. The Morgan fingerprint density at radius 3 is 2.52 bits per heavy atom. The number of anilines is 1. The van der Waals surface area contributed by atoms with E-state index in [9.17, 15) is 13.2 Å². The molecule has 132 valence electrons. The summed E-state index contributed by atoms with van der Waals surface area (Å²) in [4.78, 5) is 11.7. The van der Waals surface area contributed by atoms with Crippen molar-refractivity contribution >= 4 is 21.7 Å². The lowest BCUT2D eigenvalue weighted by Gasteiger charge is -2.20. The summed E-state index contributed by atoms with van der Waals surface area (Å²) in [6.07, 6.45) is 0.171. The highest BCUT2D eigenvalue weighted by Crippen LogP contribution is 2.40. The third-order valence-corrected chi connectivity index (χ3v) is 6.19. The van der Waals surface area contributed by atoms with Gasteiger partial charge in [-0.2, -0.15) is 0 Å². The van der Waals surface area contributed by atoms with Crippen molar-refractivity contribution in [2.45, 2.75) is 25.0 Å². The van der Waals surface area contributed by atoms with Crippen LogP contribution in [0.1, 0.15) is 29.0 Å². The van der Waals surface area contributed by atoms with Gasteiger partial charge in [0.15, 0.2) is 0 Å². The molecule has 1 heterocycles. The Morgan fingerprint density at radius 2 is 1.84 bits per heavy atom. The molecule has 1 aliphatic rings. The minimum absolute atomic E-state index is 0.0629. The molecule has 1 aliphatic heterocycles. The zero-order valence-electron chi connectivity index (χ0n) is 14.3. The zero-order chi connectivity index (χ0) is 18.0. The van der Waals surface area contributed by atoms with E-state index in [4.69, 9.17) is 4.74 Å². The molecule has 1 unspecified atom stereocenters. The first-order chi connectivity index (χ1) is 11.9. The molecule has 0 fully saturated rings. The van der Waals surface area contributed by atoms with Gasteiger partial charge in [-0.25, -0.2) is 8.42 Å². The summed E-state index contributed by atoms with van der Waals surface area (Å²) >= 11 is 0. The third kappa shape index (κ3) is 3.69. The maximum Gasteiger partial charge on any atom is 0.306 e. The minimum atomic E-state index is -3.53. The second-order valence-electron chi connectivity index (χ2n) is 6.31. The van der Waals surface area contributed by atoms with Gasteiger partial charge in [0.2, 0.25) is 10.0 Å². The molecule has 3 rings (SSSR count). The lowest BCUT2D eigenvalue weighted by atomic mass is 9.98. The van der Waals surface area contributed by atoms with Crippen LogP contribution in [0.4, 0.5) is 5.69 Å². The zero-order valence-corrected chi connectivity index (χ0v) is 15.1. The first-order valence-corrected chi connectivity index (χ1v) is 9.73. The number of hydrogen-bond donors (Lipinski definition) is 0. The fourth-order valence-corrected chi connectivity index (χ4v) is 4.79. The predicted molar refractivity (Wildman–Crippen MR) is 97.0 cm³/mol. The molecule has 25 heavy (non-hydrogen) atoms. The average Bonchev–Trinajstić information content (AvgIpc) is 2.96. The summed E-state index contributed by atoms with van der Waals surface area (Å²) < 4.78 is 32.1. The minimum Gasteiger partial charge on any atom is -0.469 e. The van der Waals surface area contributed by atoms with E-state index in [2.05, 4.69) is 0 Å². The van der Waals surface area contributed by atoms with Crippen molar-refractivity contribution in [3.63, 3.8) is 0 Å². The van der Waals surface area contributed by atoms with Crippen LogP contribution in [0.5, 0.6) is 0 Å². The van der Waals surface area contributed by atoms with Crippen LogP contribution in [-0.4, -0.2) is 28.0 Å². The molecule has 0 amide bonds. The Balaban J connectivity index is 1.88. The smallest absolute Gasteiger partial charge is 0.306 e. The van der Waals surface area contributed by atoms with Crippen LogP contribution >= 0.6 is 0 Å². The van der Waals surface area contributed by atoms with E-state index in [1.54, 1.807) is 6.07 Å². The normalized spacial score (nSPS) is 16.6. The highest BCUT2D eigenvalue weighted by atomic mass is 32.2. The summed E-state index contributed by atoms with van der Waals surface area (Å²) in [5.41, 5.74) is 3.37. The van der Waals surface area contributed by atoms with Crippen LogP contribution in [0.2, 0.25) is 0 Å². The van der Waals surface area contributed by atoms with Crippen LogP contribution in [0, 0.1) is 6.92 Å². The molecule has 1 atom stereocenters. The molecule has 0 saturated heterocycles. The van der Waals surface area contributed by atoms with Crippen molar-refractivity contribution in [3.05, 3.63) is 65.2 Å². The van der Waals surface area contributed by atoms with E-state index in [1.165, 1.54) is 11.4 Å². The van der Waals surface area contributed by atoms with Gasteiger partial charge in [0.25, 0.3) is 0 Å². The Labute approximate surface area is 148 Å². The second kappa shape index (κ2) is 6.88. The maximum atomic E-state index is 13.0. The van der Waals surface area contributed by atoms with E-state index >= 15 is 0 Å². The molecule has 5 nitrogen and oxygen atoms in total. The fourth-order valence-electron chi connectivity index (χ4n) is 3.15. The number of fused-ring (bicyclic) bond motifs is 1. The van der Waals surface area contributed by atoms with Gasteiger partial charge >= 0.3 is 5.97 Å². The third-order valence-electron chi connectivity index (χ3n) is 4.48. The number of esters is 1. The standard InChI is InChI=1S/C19H21NO4S/c1-14-7-9-15(10-8-14)13-25(22,23)20-12-16(11-19(21)24-2)17-5-3-4-6-18(17)20/h3-10,16H,11-13H2,1-2H3. The molecule has 0 saturated carbocycles. The van der Waals surface area contributed by atoms with Crippen molar-refractivity contribution in [3.8, 4) is 0 Å². The number of methoxy groups -OCH3 is 1. The van der Waals surface area contributed by atoms with E-state index < -0.39 is 10.0 Å². The van der Waals surface area contributed by atoms with Crippen LogP contribution in [0.15, 0.2) is 48.5 Å². The molecule has 0 bridgehead atoms. The van der Waals surface area contributed by atoms with Crippen LogP contribution < -0.4 is 4.31 Å². The number of ether oxygens (including phenoxy) is 1. The van der Waals surface area contributed by atoms with Crippen LogP contribution in [0.25, 0.3) is 0 Å². The van der Waals surface area contributed by atoms with Gasteiger partial charge in [0, 0.05) is 12.5 Å². The molecule has 0 aromatic heterocycles. The number of aryl methyl sites for hydroxylation is 1. The van der Waals surface area contributed by atoms with Crippen molar-refractivity contribution in [1.29, 1.82) is 0 Å². The van der Waals surface area contributed by atoms with Gasteiger partial charge in [-0.1, -0.05) is 48.0 Å². The number of rotatable bonds is 5. The van der Waals surface area contributed by atoms with Gasteiger partial charge in [-0.3, -0.25) is 9.10 Å². The summed E-state index contributed by atoms with van der Waals surface area (Å²) in [5, 5.41) is 0. The highest BCUT2D eigenvalue weighted by Gasteiger charge is 2.36. The van der Waals surface area contributed by atoms with E-state index in [0.29, 0.717) is 5.69 Å². The number of benzene rings is 2. The second-order valence-corrected chi connectivity index (χ2v) is 8.20. The lowest BCUT2D eigenvalue weighted by molar-refractivity contribution is -0.140. The topological polar surface area (TPSA) is 63.7 Å². The molecule has 2 aromatic rings. The lowest BCUT2D eigenvalue weighted by Crippen LogP contribution is -2.31. The van der Waals surface area contributed by atoms with Crippen LogP contribution in [0.3, 0.4) is 0 Å². The molecular formula is C19H21NO4S. The summed E-state index contributed by atoms with van der Waals surface area (Å²) in [6, 6.07) is 14.8. The monoisotopic (exact) mass is 359 g/mol. The Hall–Kier alpha value is -2.34. The van der Waals surface area contributed by atoms with Crippen LogP contribution in [-0.2, 0) is 25.3 Å². The van der Waals surface area contributed by atoms with Crippen molar-refractivity contribution in [2.24, 2.45) is 0 Å². The molecule has 2 aromatic carbocycles. The number of nitrogens with zero attached hydrogens (tertiary/aromatic N) is 1. The Kier molecular flexibility index (Phi) is 4.81. The SMILES string of the molecule is COC(=O)CC1CN(S(=O)(=O)Cc2ccc(C)cc2)c2ccccc21. The van der Waals surface area contributed by atoms with Gasteiger partial charge in [0.1, 0.15) is 0 Å². The molecule has 0 N–H and O–H groups in total. The highest BCUT2D eigenvalue weighted by molar-refractivity contribution is 7.92. The fraction of sp³-hybridized carbons (Fsp3) is 0.316. The molecule has 6 heteroatoms. The van der Waals surface area contributed by atoms with Gasteiger partial charge < -0.3 is 4.74 Å². The number of para-hydroxylation sites is 1. The van der Waals surface area contributed by atoms with E-state index in [0.717, 1.165) is 16.7 Å². The molecule has 0 aliphatic carbocycles. The molecule has 0 spiro atoms. The number of sulfonamides is 1. The quantitative estimate of drug-likeness (QED) is 0.770. The van der Waals surface area contributed by atoms with Gasteiger partial charge in [-0.15, -0.1) is 0 Å². The average molecular weight is 359 g/mol. The predicted octanol–water partition coefficient (Wildman–Crippen LogP) is 2.99. The Bertz CT molecular complexity index is 875. The number of carbonyl (C=O) groups is 1. The van der Waals surface area contributed by atoms with Gasteiger partial charge in [-0.05, 0) is 24.1 Å². The van der Waals surface area contributed by atoms with Crippen molar-refractivity contribution in [1.82, 2.24) is 0 Å². The largest absolute Gasteiger partial charge is 0.469 e. The Morgan fingerprint density at radius 1 is 1.16 bits per heavy atom. The first-order valence-electron chi connectivity index (χ1n) is 8.12. The first kappa shape index (κ1) is 17.5. The maximum absolute atomic E-state index is 13.0. The summed E-state index contributed by atoms with van der Waals surface area (Å²) in [7, 11) is -2.19.